The first kappa shape index (κ1) is 24.5. The van der Waals surface area contributed by atoms with E-state index in [1.54, 1.807) is 6.07 Å². The minimum Gasteiger partial charge on any atom is -0.419 e. The molecule has 7 nitrogen and oxygen atoms in total. The van der Waals surface area contributed by atoms with Crippen molar-refractivity contribution in [2.45, 2.75) is 32.5 Å². The number of rotatable bonds is 5. The average Bonchev–Trinajstić information content (AvgIpc) is 2.64. The molecule has 165 valence electrons. The number of nitrogens with zero attached hydrogens (tertiary/aromatic N) is 2. The fourth-order valence-corrected chi connectivity index (χ4v) is 3.58. The molecule has 30 heavy (non-hydrogen) atoms. The Hall–Kier alpha value is -1.74. The van der Waals surface area contributed by atoms with E-state index in [-0.39, 0.29) is 43.4 Å². The number of anilines is 2. The summed E-state index contributed by atoms with van der Waals surface area (Å²) in [5, 5.41) is 15.0. The maximum atomic E-state index is 13.0. The molecular weight excluding hydrogens is 593 g/mol. The van der Waals surface area contributed by atoms with E-state index >= 15 is 0 Å². The van der Waals surface area contributed by atoms with Crippen molar-refractivity contribution in [3.05, 3.63) is 35.4 Å². The molecular formula is C18H21F3N5O2ReS-. The Kier molecular flexibility index (Phi) is 8.21. The molecule has 1 aliphatic heterocycles. The van der Waals surface area contributed by atoms with E-state index < -0.39 is 22.6 Å². The maximum absolute atomic E-state index is 13.0. The van der Waals surface area contributed by atoms with Crippen LogP contribution in [-0.2, 0) is 45.9 Å². The van der Waals surface area contributed by atoms with Crippen molar-refractivity contribution in [2.75, 3.05) is 23.1 Å². The second-order valence-electron chi connectivity index (χ2n) is 7.08. The predicted octanol–water partition coefficient (Wildman–Crippen LogP) is 3.51. The van der Waals surface area contributed by atoms with Crippen molar-refractivity contribution in [3.8, 4) is 11.3 Å². The Morgan fingerprint density at radius 2 is 1.93 bits per heavy atom. The molecule has 1 aromatic heterocycles. The van der Waals surface area contributed by atoms with Crippen LogP contribution in [0.3, 0.4) is 0 Å². The molecule has 1 aromatic carbocycles. The minimum atomic E-state index is -4.60. The van der Waals surface area contributed by atoms with Gasteiger partial charge in [0.25, 0.3) is 0 Å². The number of nitrogens with one attached hydrogen (secondary N) is 3. The van der Waals surface area contributed by atoms with Gasteiger partial charge in [0.15, 0.2) is 5.82 Å². The zero-order valence-electron chi connectivity index (χ0n) is 16.2. The third-order valence-electron chi connectivity index (χ3n) is 4.95. The second kappa shape index (κ2) is 10.0. The smallest absolute Gasteiger partial charge is 0.416 e. The third-order valence-corrected chi connectivity index (χ3v) is 5.34. The Bertz CT molecular complexity index is 963. The van der Waals surface area contributed by atoms with Crippen LogP contribution in [0.4, 0.5) is 24.7 Å². The zero-order valence-corrected chi connectivity index (χ0v) is 19.7. The molecule has 0 spiro atoms. The van der Waals surface area contributed by atoms with Crippen molar-refractivity contribution < 1.29 is 42.0 Å². The molecule has 0 amide bonds. The van der Waals surface area contributed by atoms with Crippen molar-refractivity contribution in [1.82, 2.24) is 15.5 Å². The quantitative estimate of drug-likeness (QED) is 0.447. The molecule has 1 radical (unpaired) electrons. The average molecular weight is 615 g/mol. The van der Waals surface area contributed by atoms with Crippen LogP contribution in [0.15, 0.2) is 24.3 Å². The summed E-state index contributed by atoms with van der Waals surface area (Å²) in [7, 11) is -2.79. The van der Waals surface area contributed by atoms with Gasteiger partial charge in [0.1, 0.15) is 0 Å². The number of aromatic nitrogens is 2. The van der Waals surface area contributed by atoms with Crippen molar-refractivity contribution in [3.63, 3.8) is 0 Å². The van der Waals surface area contributed by atoms with E-state index in [1.807, 2.05) is 11.6 Å². The normalized spacial score (nSPS) is 19.3. The Morgan fingerprint density at radius 3 is 2.53 bits per heavy atom. The van der Waals surface area contributed by atoms with E-state index in [0.29, 0.717) is 11.7 Å². The standard InChI is InChI=1S/C18H21F3N5O2S.Re/c1-10-5-6-22-9-16(10)23-17-11(2)7-14(24-25-17)13-4-3-12(18(19,20)21)8-15(13)26-29(27)28;/h3-4,7-8,10,16,22H,5-6,9H2,1-2H3,(H,23,25)(H,26,27,28);/q-1;. The van der Waals surface area contributed by atoms with E-state index in [9.17, 15) is 21.6 Å². The van der Waals surface area contributed by atoms with E-state index in [4.69, 9.17) is 0 Å². The molecule has 0 bridgehead atoms. The van der Waals surface area contributed by atoms with Crippen LogP contribution in [-0.4, -0.2) is 29.3 Å². The number of piperidine rings is 1. The molecule has 2 unspecified atom stereocenters. The van der Waals surface area contributed by atoms with Gasteiger partial charge in [0, 0.05) is 55.2 Å². The van der Waals surface area contributed by atoms with Gasteiger partial charge in [0.2, 0.25) is 0 Å². The molecule has 2 atom stereocenters. The van der Waals surface area contributed by atoms with E-state index in [0.717, 1.165) is 37.2 Å². The molecule has 1 fully saturated rings. The summed E-state index contributed by atoms with van der Waals surface area (Å²) >= 11 is 0. The van der Waals surface area contributed by atoms with Crippen LogP contribution in [0.5, 0.6) is 0 Å². The van der Waals surface area contributed by atoms with Crippen LogP contribution >= 0.6 is 0 Å². The molecule has 12 heteroatoms. The van der Waals surface area contributed by atoms with Crippen molar-refractivity contribution in [2.24, 2.45) is 5.92 Å². The molecule has 1 aliphatic rings. The molecule has 3 rings (SSSR count). The summed E-state index contributed by atoms with van der Waals surface area (Å²) in [6.45, 7) is 5.73. The first-order valence-corrected chi connectivity index (χ1v) is 10.1. The number of halogens is 3. The SMILES string of the molecule is Cc1cc(-c2ccc(C(F)(F)F)cc2N[S-](=O)=O)nnc1NC1CNCCC1C.[Re]. The summed E-state index contributed by atoms with van der Waals surface area (Å²) in [4.78, 5) is 0. The Balaban J connectivity index is 0.00000320. The molecule has 0 saturated carbocycles. The van der Waals surface area contributed by atoms with Crippen LogP contribution in [0.1, 0.15) is 24.5 Å². The van der Waals surface area contributed by atoms with Crippen molar-refractivity contribution >= 4 is 22.4 Å². The van der Waals surface area contributed by atoms with Gasteiger partial charge < -0.3 is 23.8 Å². The largest absolute Gasteiger partial charge is 0.419 e. The van der Waals surface area contributed by atoms with Gasteiger partial charge in [-0.25, -0.2) is 0 Å². The van der Waals surface area contributed by atoms with Crippen LogP contribution in [0, 0.1) is 12.8 Å². The van der Waals surface area contributed by atoms with Gasteiger partial charge in [-0.2, -0.15) is 13.2 Å². The second-order valence-corrected chi connectivity index (χ2v) is 7.75. The Labute approximate surface area is 188 Å². The summed E-state index contributed by atoms with van der Waals surface area (Å²) in [5.74, 6) is 1.04. The van der Waals surface area contributed by atoms with Crippen molar-refractivity contribution in [1.29, 1.82) is 0 Å². The number of benzene rings is 1. The fraction of sp³-hybridized carbons (Fsp3) is 0.444. The van der Waals surface area contributed by atoms with Gasteiger partial charge in [-0.3, -0.25) is 0 Å². The number of hydrogen-bond acceptors (Lipinski definition) is 7. The number of aryl methyl sites for hydroxylation is 1. The molecule has 1 saturated heterocycles. The van der Waals surface area contributed by atoms with Crippen LogP contribution in [0.25, 0.3) is 11.3 Å². The number of hydrogen-bond donors (Lipinski definition) is 3. The van der Waals surface area contributed by atoms with E-state index in [2.05, 4.69) is 27.8 Å². The predicted molar refractivity (Wildman–Crippen MR) is 104 cm³/mol. The first-order valence-electron chi connectivity index (χ1n) is 9.04. The minimum absolute atomic E-state index is 0. The topological polar surface area (TPSA) is 96.0 Å². The molecule has 0 aliphatic carbocycles. The van der Waals surface area contributed by atoms with Crippen LogP contribution < -0.4 is 15.4 Å². The molecule has 2 aromatic rings. The molecule has 2 heterocycles. The Morgan fingerprint density at radius 1 is 1.20 bits per heavy atom. The number of alkyl halides is 3. The van der Waals surface area contributed by atoms with Gasteiger partial charge in [-0.15, -0.1) is 10.2 Å². The zero-order chi connectivity index (χ0) is 21.2. The van der Waals surface area contributed by atoms with Crippen LogP contribution in [0.2, 0.25) is 0 Å². The van der Waals surface area contributed by atoms with E-state index in [1.165, 1.54) is 6.07 Å². The summed E-state index contributed by atoms with van der Waals surface area (Å²) < 4.78 is 63.1. The molecule has 3 N–H and O–H groups in total. The van der Waals surface area contributed by atoms with Gasteiger partial charge >= 0.3 is 6.18 Å². The summed E-state index contributed by atoms with van der Waals surface area (Å²) in [6, 6.07) is 4.66. The first-order chi connectivity index (χ1) is 13.6. The summed E-state index contributed by atoms with van der Waals surface area (Å²) in [6.07, 6.45) is -3.56. The van der Waals surface area contributed by atoms with Gasteiger partial charge in [-0.05, 0) is 49.6 Å². The monoisotopic (exact) mass is 615 g/mol. The van der Waals surface area contributed by atoms with Gasteiger partial charge in [-0.1, -0.05) is 13.0 Å². The third kappa shape index (κ3) is 5.91. The fourth-order valence-electron chi connectivity index (χ4n) is 3.24. The maximum Gasteiger partial charge on any atom is 0.416 e. The summed E-state index contributed by atoms with van der Waals surface area (Å²) in [5.41, 5.74) is 0.0482. The van der Waals surface area contributed by atoms with Gasteiger partial charge in [0.05, 0.1) is 11.3 Å².